The van der Waals surface area contributed by atoms with Gasteiger partial charge in [-0.25, -0.2) is 4.98 Å². The van der Waals surface area contributed by atoms with E-state index < -0.39 is 11.2 Å². The van der Waals surface area contributed by atoms with E-state index in [1.54, 1.807) is 27.5 Å². The van der Waals surface area contributed by atoms with Crippen molar-refractivity contribution in [1.82, 2.24) is 9.97 Å². The van der Waals surface area contributed by atoms with Crippen molar-refractivity contribution in [2.24, 2.45) is 0 Å². The van der Waals surface area contributed by atoms with Crippen LogP contribution in [-0.4, -0.2) is 33.8 Å². The van der Waals surface area contributed by atoms with Gasteiger partial charge in [0.15, 0.2) is 0 Å². The number of aromatic nitrogens is 2. The fraction of sp³-hybridized carbons (Fsp3) is 0.231. The van der Waals surface area contributed by atoms with Crippen LogP contribution in [0.2, 0.25) is 0 Å². The molecule has 2 aromatic carbocycles. The Morgan fingerprint density at radius 3 is 2.23 bits per heavy atom. The lowest BCUT2D eigenvalue weighted by Gasteiger charge is -2.37. The second-order valence-corrected chi connectivity index (χ2v) is 8.71. The van der Waals surface area contributed by atoms with E-state index in [-0.39, 0.29) is 0 Å². The first-order valence-electron chi connectivity index (χ1n) is 10.4. The Labute approximate surface area is 184 Å². The fourth-order valence-corrected chi connectivity index (χ4v) is 3.16. The highest BCUT2D eigenvalue weighted by Gasteiger charge is 2.35. The maximum Gasteiger partial charge on any atom is 0.330 e. The van der Waals surface area contributed by atoms with Crippen LogP contribution in [0.15, 0.2) is 79.0 Å². The van der Waals surface area contributed by atoms with Gasteiger partial charge >= 0.3 is 7.48 Å². The Morgan fingerprint density at radius 1 is 0.839 bits per heavy atom. The summed E-state index contributed by atoms with van der Waals surface area (Å²) in [5.41, 5.74) is 4.11. The van der Waals surface area contributed by atoms with Gasteiger partial charge in [-0.1, -0.05) is 54.0 Å². The van der Waals surface area contributed by atoms with E-state index in [0.717, 1.165) is 38.9 Å². The van der Waals surface area contributed by atoms with Gasteiger partial charge in [0, 0.05) is 11.6 Å². The highest BCUT2D eigenvalue weighted by molar-refractivity contribution is 6.47. The van der Waals surface area contributed by atoms with Crippen LogP contribution in [0.25, 0.3) is 33.4 Å². The zero-order valence-electron chi connectivity index (χ0n) is 18.3. The highest BCUT2D eigenvalue weighted by atomic mass is 16.5. The molecule has 1 radical (unpaired) electrons. The Hall–Kier alpha value is -3.02. The summed E-state index contributed by atoms with van der Waals surface area (Å²) in [5.74, 6) is 0. The maximum atomic E-state index is 10.3. The fourth-order valence-electron chi connectivity index (χ4n) is 3.16. The number of para-hydroxylation sites is 1. The van der Waals surface area contributed by atoms with Crippen LogP contribution in [0.1, 0.15) is 27.7 Å². The molecule has 31 heavy (non-hydrogen) atoms. The third-order valence-electron chi connectivity index (χ3n) is 5.83. The molecule has 4 aromatic rings. The minimum Gasteiger partial charge on any atom is -0.427 e. The Kier molecular flexibility index (Phi) is 5.65. The first-order valence-corrected chi connectivity index (χ1v) is 10.4. The zero-order valence-corrected chi connectivity index (χ0v) is 18.3. The van der Waals surface area contributed by atoms with E-state index >= 15 is 0 Å². The summed E-state index contributed by atoms with van der Waals surface area (Å²) in [5, 5.41) is 11.4. The van der Waals surface area contributed by atoms with E-state index in [4.69, 9.17) is 9.64 Å². The van der Waals surface area contributed by atoms with Gasteiger partial charge in [-0.15, -0.1) is 0 Å². The molecule has 0 amide bonds. The smallest absolute Gasteiger partial charge is 0.330 e. The molecule has 0 aliphatic rings. The quantitative estimate of drug-likeness (QED) is 0.466. The van der Waals surface area contributed by atoms with Crippen LogP contribution >= 0.6 is 0 Å². The number of aliphatic hydroxyl groups is 1. The maximum absolute atomic E-state index is 10.3. The van der Waals surface area contributed by atoms with Crippen LogP contribution in [0.5, 0.6) is 0 Å². The van der Waals surface area contributed by atoms with E-state index in [1.807, 2.05) is 62.4 Å². The largest absolute Gasteiger partial charge is 0.427 e. The Balaban J connectivity index is 1.67. The van der Waals surface area contributed by atoms with Crippen LogP contribution in [0.3, 0.4) is 0 Å². The van der Waals surface area contributed by atoms with Crippen molar-refractivity contribution in [3.8, 4) is 22.5 Å². The number of rotatable bonds is 6. The summed E-state index contributed by atoms with van der Waals surface area (Å²) in [4.78, 5) is 9.28. The van der Waals surface area contributed by atoms with Crippen molar-refractivity contribution in [1.29, 1.82) is 0 Å². The Morgan fingerprint density at radius 2 is 1.55 bits per heavy atom. The van der Waals surface area contributed by atoms with Crippen molar-refractivity contribution in [2.75, 3.05) is 0 Å². The zero-order chi connectivity index (χ0) is 22.1. The predicted molar refractivity (Wildman–Crippen MR) is 127 cm³/mol. The summed E-state index contributed by atoms with van der Waals surface area (Å²) in [7, 11) is 1.70. The highest BCUT2D eigenvalue weighted by Crippen LogP contribution is 2.31. The van der Waals surface area contributed by atoms with Crippen molar-refractivity contribution >= 4 is 23.8 Å². The molecule has 0 atom stereocenters. The monoisotopic (exact) mass is 409 g/mol. The standard InChI is InChI=1S/C26H26BN2O2/c1-25(2,30)26(3,4)31-27-19-14-12-18(13-15-19)21-17-24(23-11-7-8-16-28-23)29-22-10-6-5-9-20(21)22/h5-17,30H,1-4H3. The molecule has 0 saturated carbocycles. The number of fused-ring (bicyclic) bond motifs is 1. The summed E-state index contributed by atoms with van der Waals surface area (Å²) < 4.78 is 5.88. The van der Waals surface area contributed by atoms with E-state index in [1.165, 1.54) is 0 Å². The normalized spacial score (nSPS) is 12.2. The second kappa shape index (κ2) is 8.25. The van der Waals surface area contributed by atoms with Crippen LogP contribution < -0.4 is 5.46 Å². The van der Waals surface area contributed by atoms with Gasteiger partial charge in [0.05, 0.1) is 28.1 Å². The molecule has 5 heteroatoms. The molecule has 0 unspecified atom stereocenters. The average molecular weight is 409 g/mol. The van der Waals surface area contributed by atoms with Gasteiger partial charge in [0.2, 0.25) is 0 Å². The van der Waals surface area contributed by atoms with Gasteiger partial charge < -0.3 is 9.76 Å². The summed E-state index contributed by atoms with van der Waals surface area (Å²) in [6.07, 6.45) is 1.78. The van der Waals surface area contributed by atoms with Gasteiger partial charge in [-0.3, -0.25) is 4.98 Å². The van der Waals surface area contributed by atoms with Crippen molar-refractivity contribution < 1.29 is 9.76 Å². The molecule has 0 fully saturated rings. The minimum atomic E-state index is -0.957. The lowest BCUT2D eigenvalue weighted by molar-refractivity contribution is -0.0893. The van der Waals surface area contributed by atoms with Gasteiger partial charge in [0.25, 0.3) is 0 Å². The first-order chi connectivity index (χ1) is 14.7. The third-order valence-corrected chi connectivity index (χ3v) is 5.83. The number of pyridine rings is 2. The van der Waals surface area contributed by atoms with E-state index in [9.17, 15) is 5.11 Å². The van der Waals surface area contributed by atoms with Crippen LogP contribution in [0, 0.1) is 0 Å². The second-order valence-electron chi connectivity index (χ2n) is 8.71. The summed E-state index contributed by atoms with van der Waals surface area (Å²) in [6.45, 7) is 7.25. The SMILES string of the molecule is CC(C)(O)C(C)(C)O[B]c1ccc(-c2cc(-c3ccccn3)nc3ccccc23)cc1. The first kappa shape index (κ1) is 21.2. The number of nitrogens with zero attached hydrogens (tertiary/aromatic N) is 2. The molecule has 4 rings (SSSR count). The molecule has 0 bridgehead atoms. The van der Waals surface area contributed by atoms with Crippen molar-refractivity contribution in [3.63, 3.8) is 0 Å². The molecule has 0 aliphatic heterocycles. The van der Waals surface area contributed by atoms with Gasteiger partial charge in [-0.05, 0) is 63.1 Å². The number of hydrogen-bond donors (Lipinski definition) is 1. The van der Waals surface area contributed by atoms with Crippen molar-refractivity contribution in [3.05, 3.63) is 79.0 Å². The molecule has 4 nitrogen and oxygen atoms in total. The van der Waals surface area contributed by atoms with Crippen molar-refractivity contribution in [2.45, 2.75) is 38.9 Å². The van der Waals surface area contributed by atoms with Crippen LogP contribution in [-0.2, 0) is 4.65 Å². The molecule has 155 valence electrons. The van der Waals surface area contributed by atoms with E-state index in [0.29, 0.717) is 0 Å². The summed E-state index contributed by atoms with van der Waals surface area (Å²) in [6, 6.07) is 24.3. The van der Waals surface area contributed by atoms with Gasteiger partial charge in [0.1, 0.15) is 0 Å². The lowest BCUT2D eigenvalue weighted by atomic mass is 9.82. The summed E-state index contributed by atoms with van der Waals surface area (Å²) >= 11 is 0. The molecular formula is C26H26BN2O2. The lowest BCUT2D eigenvalue weighted by Crippen LogP contribution is -2.49. The molecule has 0 aliphatic carbocycles. The van der Waals surface area contributed by atoms with Crippen LogP contribution in [0.4, 0.5) is 0 Å². The minimum absolute atomic E-state index is 0.704. The molecule has 0 spiro atoms. The predicted octanol–water partition coefficient (Wildman–Crippen LogP) is 4.77. The number of benzene rings is 2. The molecule has 0 saturated heterocycles. The molecule has 2 aromatic heterocycles. The average Bonchev–Trinajstić information content (AvgIpc) is 2.77. The molecule has 2 heterocycles. The molecule has 1 N–H and O–H groups in total. The van der Waals surface area contributed by atoms with E-state index in [2.05, 4.69) is 29.2 Å². The van der Waals surface area contributed by atoms with Gasteiger partial charge in [-0.2, -0.15) is 0 Å². The number of hydrogen-bond acceptors (Lipinski definition) is 4. The molecular weight excluding hydrogens is 383 g/mol. The Bertz CT molecular complexity index is 1180. The topological polar surface area (TPSA) is 55.2 Å². The third kappa shape index (κ3) is 4.53.